The quantitative estimate of drug-likeness (QED) is 0.749. The summed E-state index contributed by atoms with van der Waals surface area (Å²) in [6.07, 6.45) is -0.874. The molecule has 0 aromatic heterocycles. The topological polar surface area (TPSA) is 67.9 Å². The summed E-state index contributed by atoms with van der Waals surface area (Å²) in [5.41, 5.74) is 0. The third-order valence-electron chi connectivity index (χ3n) is 3.48. The maximum Gasteiger partial charge on any atom is 0.308 e. The molecule has 2 atom stereocenters. The summed E-state index contributed by atoms with van der Waals surface area (Å²) < 4.78 is 36.1. The van der Waals surface area contributed by atoms with Crippen molar-refractivity contribution in [1.29, 1.82) is 0 Å². The molecule has 0 aromatic carbocycles. The average Bonchev–Trinajstić information content (AvgIpc) is 2.78. The second-order valence-electron chi connectivity index (χ2n) is 5.05. The van der Waals surface area contributed by atoms with Crippen molar-refractivity contribution in [1.82, 2.24) is 10.2 Å². The number of morpholine rings is 1. The van der Waals surface area contributed by atoms with Crippen molar-refractivity contribution in [2.45, 2.75) is 30.9 Å². The first-order valence-electron chi connectivity index (χ1n) is 6.50. The van der Waals surface area contributed by atoms with Gasteiger partial charge in [-0.1, -0.05) is 0 Å². The summed E-state index contributed by atoms with van der Waals surface area (Å²) in [4.78, 5) is 24.8. The molecular formula is C12H19ClF2N2O4. The molecule has 0 radical (unpaired) electrons. The van der Waals surface area contributed by atoms with E-state index in [9.17, 15) is 18.4 Å². The molecule has 1 N–H and O–H groups in total. The average molecular weight is 329 g/mol. The Kier molecular flexibility index (Phi) is 6.30. The maximum atomic E-state index is 13.1. The van der Waals surface area contributed by atoms with Gasteiger partial charge in [0.1, 0.15) is 0 Å². The van der Waals surface area contributed by atoms with E-state index in [2.05, 4.69) is 10.1 Å². The van der Waals surface area contributed by atoms with Gasteiger partial charge >= 0.3 is 5.97 Å². The number of hydrogen-bond acceptors (Lipinski definition) is 5. The highest BCUT2D eigenvalue weighted by Gasteiger charge is 2.44. The lowest BCUT2D eigenvalue weighted by Crippen LogP contribution is -2.51. The van der Waals surface area contributed by atoms with Crippen LogP contribution in [0.25, 0.3) is 0 Å². The number of esters is 1. The van der Waals surface area contributed by atoms with E-state index in [1.54, 1.807) is 0 Å². The lowest BCUT2D eigenvalue weighted by atomic mass is 10.1. The number of alkyl halides is 2. The van der Waals surface area contributed by atoms with Gasteiger partial charge in [0.2, 0.25) is 5.91 Å². The van der Waals surface area contributed by atoms with Crippen molar-refractivity contribution in [2.24, 2.45) is 0 Å². The third kappa shape index (κ3) is 4.76. The highest BCUT2D eigenvalue weighted by atomic mass is 35.5. The molecule has 2 fully saturated rings. The van der Waals surface area contributed by atoms with Crippen LogP contribution in [-0.2, 0) is 19.1 Å². The van der Waals surface area contributed by atoms with Crippen LogP contribution in [0.4, 0.5) is 8.78 Å². The molecule has 2 aliphatic heterocycles. The molecular weight excluding hydrogens is 310 g/mol. The van der Waals surface area contributed by atoms with Crippen LogP contribution in [0.1, 0.15) is 12.8 Å². The zero-order chi connectivity index (χ0) is 14.8. The molecule has 0 saturated carbocycles. The third-order valence-corrected chi connectivity index (χ3v) is 3.48. The van der Waals surface area contributed by atoms with Crippen molar-refractivity contribution < 1.29 is 27.8 Å². The van der Waals surface area contributed by atoms with Gasteiger partial charge in [-0.2, -0.15) is 0 Å². The fourth-order valence-electron chi connectivity index (χ4n) is 2.42. The van der Waals surface area contributed by atoms with E-state index in [0.29, 0.717) is 6.54 Å². The summed E-state index contributed by atoms with van der Waals surface area (Å²) in [5, 5.41) is 2.54. The number of nitrogens with zero attached hydrogens (tertiary/aromatic N) is 1. The normalized spacial score (nSPS) is 27.9. The van der Waals surface area contributed by atoms with Crippen LogP contribution in [0, 0.1) is 0 Å². The number of halogens is 3. The van der Waals surface area contributed by atoms with E-state index >= 15 is 0 Å². The van der Waals surface area contributed by atoms with Gasteiger partial charge in [-0.15, -0.1) is 12.4 Å². The Labute approximate surface area is 127 Å². The molecule has 122 valence electrons. The lowest BCUT2D eigenvalue weighted by Gasteiger charge is -2.34. The molecule has 1 amide bonds. The summed E-state index contributed by atoms with van der Waals surface area (Å²) in [5.74, 6) is -3.62. The SMILES string of the molecule is COC(=O)CC1CN(C(=O)C2CC(F)(F)CN2)CCO1.Cl. The van der Waals surface area contributed by atoms with E-state index in [0.717, 1.165) is 0 Å². The highest BCUT2D eigenvalue weighted by Crippen LogP contribution is 2.26. The minimum absolute atomic E-state index is 0. The molecule has 2 saturated heterocycles. The molecule has 21 heavy (non-hydrogen) atoms. The number of ether oxygens (including phenoxy) is 2. The van der Waals surface area contributed by atoms with Gasteiger partial charge in [0.05, 0.1) is 38.8 Å². The van der Waals surface area contributed by atoms with E-state index in [4.69, 9.17) is 4.74 Å². The highest BCUT2D eigenvalue weighted by molar-refractivity contribution is 5.85. The van der Waals surface area contributed by atoms with Crippen LogP contribution < -0.4 is 5.32 Å². The molecule has 2 unspecified atom stereocenters. The molecule has 2 rings (SSSR count). The zero-order valence-electron chi connectivity index (χ0n) is 11.6. The molecule has 0 aliphatic carbocycles. The number of amides is 1. The number of hydrogen-bond donors (Lipinski definition) is 1. The van der Waals surface area contributed by atoms with E-state index in [1.165, 1.54) is 12.0 Å². The second kappa shape index (κ2) is 7.33. The van der Waals surface area contributed by atoms with Crippen molar-refractivity contribution in [3.63, 3.8) is 0 Å². The Hall–Kier alpha value is -0.990. The Bertz CT molecular complexity index is 397. The van der Waals surface area contributed by atoms with Crippen LogP contribution in [0.3, 0.4) is 0 Å². The van der Waals surface area contributed by atoms with Crippen LogP contribution in [0.15, 0.2) is 0 Å². The maximum absolute atomic E-state index is 13.1. The van der Waals surface area contributed by atoms with Crippen molar-refractivity contribution in [3.8, 4) is 0 Å². The predicted octanol–water partition coefficient (Wildman–Crippen LogP) is 0.196. The molecule has 6 nitrogen and oxygen atoms in total. The molecule has 9 heteroatoms. The van der Waals surface area contributed by atoms with Gasteiger partial charge in [-0.25, -0.2) is 8.78 Å². The summed E-state index contributed by atoms with van der Waals surface area (Å²) in [6.45, 7) is 0.383. The first-order chi connectivity index (χ1) is 9.41. The van der Waals surface area contributed by atoms with E-state index in [1.807, 2.05) is 0 Å². The Morgan fingerprint density at radius 1 is 1.48 bits per heavy atom. The second-order valence-corrected chi connectivity index (χ2v) is 5.05. The number of nitrogens with one attached hydrogen (secondary N) is 1. The monoisotopic (exact) mass is 328 g/mol. The zero-order valence-corrected chi connectivity index (χ0v) is 12.5. The van der Waals surface area contributed by atoms with Gasteiger partial charge in [0.15, 0.2) is 0 Å². The molecule has 2 heterocycles. The Morgan fingerprint density at radius 2 is 2.19 bits per heavy atom. The smallest absolute Gasteiger partial charge is 0.308 e. The minimum Gasteiger partial charge on any atom is -0.469 e. The van der Waals surface area contributed by atoms with E-state index < -0.39 is 37.0 Å². The van der Waals surface area contributed by atoms with Crippen LogP contribution >= 0.6 is 12.4 Å². The summed E-state index contributed by atoms with van der Waals surface area (Å²) in [6, 6.07) is -0.859. The van der Waals surface area contributed by atoms with Gasteiger partial charge in [-0.3, -0.25) is 14.9 Å². The Balaban J connectivity index is 0.00000220. The van der Waals surface area contributed by atoms with Crippen molar-refractivity contribution in [2.75, 3.05) is 33.4 Å². The summed E-state index contributed by atoms with van der Waals surface area (Å²) >= 11 is 0. The van der Waals surface area contributed by atoms with Gasteiger partial charge in [0, 0.05) is 19.5 Å². The van der Waals surface area contributed by atoms with Crippen LogP contribution in [-0.4, -0.2) is 68.2 Å². The summed E-state index contributed by atoms with van der Waals surface area (Å²) in [7, 11) is 1.28. The van der Waals surface area contributed by atoms with Gasteiger partial charge in [0.25, 0.3) is 5.92 Å². The predicted molar refractivity (Wildman–Crippen MR) is 71.6 cm³/mol. The molecule has 2 aliphatic rings. The van der Waals surface area contributed by atoms with Gasteiger partial charge in [-0.05, 0) is 0 Å². The fraction of sp³-hybridized carbons (Fsp3) is 0.833. The number of carbonyl (C=O) groups excluding carboxylic acids is 2. The number of carbonyl (C=O) groups is 2. The van der Waals surface area contributed by atoms with Crippen LogP contribution in [0.2, 0.25) is 0 Å². The first-order valence-corrected chi connectivity index (χ1v) is 6.50. The fourth-order valence-corrected chi connectivity index (χ4v) is 2.42. The number of methoxy groups -OCH3 is 1. The van der Waals surface area contributed by atoms with Crippen LogP contribution in [0.5, 0.6) is 0 Å². The largest absolute Gasteiger partial charge is 0.469 e. The van der Waals surface area contributed by atoms with E-state index in [-0.39, 0.29) is 37.9 Å². The van der Waals surface area contributed by atoms with Crippen molar-refractivity contribution >= 4 is 24.3 Å². The minimum atomic E-state index is -2.84. The number of rotatable bonds is 3. The standard InChI is InChI=1S/C12H18F2N2O4.ClH/c1-19-10(17)4-8-6-16(2-3-20-8)11(18)9-5-12(13,14)7-15-9;/h8-9,15H,2-7H2,1H3;1H. The van der Waals surface area contributed by atoms with Crippen molar-refractivity contribution in [3.05, 3.63) is 0 Å². The molecule has 0 spiro atoms. The lowest BCUT2D eigenvalue weighted by molar-refractivity contribution is -0.150. The van der Waals surface area contributed by atoms with Gasteiger partial charge < -0.3 is 14.4 Å². The Morgan fingerprint density at radius 3 is 2.76 bits per heavy atom. The molecule has 0 aromatic rings. The first kappa shape index (κ1) is 18.1. The molecule has 0 bridgehead atoms.